The summed E-state index contributed by atoms with van der Waals surface area (Å²) >= 11 is 0. The van der Waals surface area contributed by atoms with Crippen molar-refractivity contribution in [2.45, 2.75) is 26.3 Å². The summed E-state index contributed by atoms with van der Waals surface area (Å²) in [6.07, 6.45) is 3.56. The fourth-order valence-corrected chi connectivity index (χ4v) is 3.33. The smallest absolute Gasteiger partial charge is 0.347 e. The molecule has 1 amide bonds. The molecule has 4 rings (SSSR count). The van der Waals surface area contributed by atoms with E-state index in [2.05, 4.69) is 12.0 Å². The lowest BCUT2D eigenvalue weighted by Crippen LogP contribution is -2.39. The molecular weight excluding hydrogens is 306 g/mol. The van der Waals surface area contributed by atoms with Gasteiger partial charge < -0.3 is 9.32 Å². The molecule has 0 unspecified atom stereocenters. The predicted octanol–water partition coefficient (Wildman–Crippen LogP) is 2.40. The van der Waals surface area contributed by atoms with Crippen LogP contribution in [0.15, 0.2) is 39.7 Å². The number of aromatic nitrogens is 2. The summed E-state index contributed by atoms with van der Waals surface area (Å²) in [7, 11) is 0. The van der Waals surface area contributed by atoms with Crippen LogP contribution in [-0.2, 0) is 11.3 Å². The maximum Gasteiger partial charge on any atom is 0.347 e. The largest absolute Gasteiger partial charge is 0.422 e. The number of benzene rings is 1. The average molecular weight is 325 g/mol. The predicted molar refractivity (Wildman–Crippen MR) is 90.8 cm³/mol. The minimum absolute atomic E-state index is 0.0456. The molecule has 1 aromatic carbocycles. The van der Waals surface area contributed by atoms with Crippen molar-refractivity contribution >= 4 is 27.8 Å². The van der Waals surface area contributed by atoms with Crippen LogP contribution >= 0.6 is 0 Å². The van der Waals surface area contributed by atoms with Gasteiger partial charge in [-0.2, -0.15) is 5.10 Å². The zero-order chi connectivity index (χ0) is 16.7. The number of piperidine rings is 1. The van der Waals surface area contributed by atoms with Crippen molar-refractivity contribution in [2.24, 2.45) is 5.92 Å². The molecule has 6 heteroatoms. The van der Waals surface area contributed by atoms with Crippen molar-refractivity contribution in [2.75, 3.05) is 13.1 Å². The summed E-state index contributed by atoms with van der Waals surface area (Å²) in [5.41, 5.74) is 0.755. The molecule has 2 aromatic heterocycles. The number of carbonyl (C=O) groups is 1. The minimum Gasteiger partial charge on any atom is -0.422 e. The third kappa shape index (κ3) is 2.48. The van der Waals surface area contributed by atoms with Crippen LogP contribution in [0.4, 0.5) is 0 Å². The van der Waals surface area contributed by atoms with E-state index in [-0.39, 0.29) is 12.5 Å². The van der Waals surface area contributed by atoms with E-state index in [0.29, 0.717) is 22.4 Å². The Hall–Kier alpha value is -2.63. The molecule has 24 heavy (non-hydrogen) atoms. The third-order valence-electron chi connectivity index (χ3n) is 4.83. The van der Waals surface area contributed by atoms with Gasteiger partial charge in [0.2, 0.25) is 5.91 Å². The zero-order valence-electron chi connectivity index (χ0n) is 13.6. The summed E-state index contributed by atoms with van der Waals surface area (Å²) in [4.78, 5) is 26.6. The van der Waals surface area contributed by atoms with Gasteiger partial charge in [0.15, 0.2) is 0 Å². The number of rotatable bonds is 2. The Labute approximate surface area is 138 Å². The maximum absolute atomic E-state index is 12.6. The number of likely N-dealkylation sites (tertiary alicyclic amines) is 1. The van der Waals surface area contributed by atoms with Gasteiger partial charge in [-0.05, 0) is 30.9 Å². The fraction of sp³-hybridized carbons (Fsp3) is 0.389. The van der Waals surface area contributed by atoms with Crippen LogP contribution in [0.25, 0.3) is 21.9 Å². The van der Waals surface area contributed by atoms with Crippen LogP contribution in [0.2, 0.25) is 0 Å². The number of para-hydroxylation sites is 1. The van der Waals surface area contributed by atoms with Gasteiger partial charge in [-0.1, -0.05) is 19.1 Å². The van der Waals surface area contributed by atoms with E-state index < -0.39 is 5.63 Å². The molecule has 0 saturated carbocycles. The summed E-state index contributed by atoms with van der Waals surface area (Å²) in [6.45, 7) is 3.95. The summed E-state index contributed by atoms with van der Waals surface area (Å²) in [5, 5.41) is 5.47. The summed E-state index contributed by atoms with van der Waals surface area (Å²) in [5.74, 6) is 0.720. The summed E-state index contributed by atoms with van der Waals surface area (Å²) in [6, 6.07) is 7.33. The molecule has 0 atom stereocenters. The fourth-order valence-electron chi connectivity index (χ4n) is 3.33. The second-order valence-corrected chi connectivity index (χ2v) is 6.51. The molecule has 0 N–H and O–H groups in total. The molecule has 6 nitrogen and oxygen atoms in total. The molecule has 1 aliphatic heterocycles. The molecular formula is C18H19N3O3. The molecule has 1 saturated heterocycles. The van der Waals surface area contributed by atoms with E-state index in [1.165, 1.54) is 6.20 Å². The van der Waals surface area contributed by atoms with Crippen LogP contribution in [0, 0.1) is 5.92 Å². The SMILES string of the molecule is CC1CCN(C(=O)Cn2ncc3c(=O)oc4ccccc4c32)CC1. The van der Waals surface area contributed by atoms with Crippen molar-refractivity contribution < 1.29 is 9.21 Å². The van der Waals surface area contributed by atoms with Crippen LogP contribution in [0.3, 0.4) is 0 Å². The zero-order valence-corrected chi connectivity index (χ0v) is 13.6. The normalized spacial score (nSPS) is 16.1. The lowest BCUT2D eigenvalue weighted by molar-refractivity contribution is -0.133. The molecule has 0 radical (unpaired) electrons. The minimum atomic E-state index is -0.422. The molecule has 3 aromatic rings. The highest BCUT2D eigenvalue weighted by Crippen LogP contribution is 2.23. The molecule has 124 valence electrons. The Morgan fingerprint density at radius 3 is 2.79 bits per heavy atom. The van der Waals surface area contributed by atoms with Gasteiger partial charge in [-0.3, -0.25) is 9.48 Å². The van der Waals surface area contributed by atoms with E-state index in [0.717, 1.165) is 31.3 Å². The Morgan fingerprint density at radius 1 is 1.25 bits per heavy atom. The lowest BCUT2D eigenvalue weighted by atomic mass is 9.99. The maximum atomic E-state index is 12.6. The van der Waals surface area contributed by atoms with Gasteiger partial charge in [0.1, 0.15) is 17.5 Å². The molecule has 0 bridgehead atoms. The van der Waals surface area contributed by atoms with Gasteiger partial charge in [0, 0.05) is 18.5 Å². The molecule has 3 heterocycles. The first-order valence-electron chi connectivity index (χ1n) is 8.28. The van der Waals surface area contributed by atoms with Gasteiger partial charge in [-0.15, -0.1) is 0 Å². The quantitative estimate of drug-likeness (QED) is 0.679. The van der Waals surface area contributed by atoms with Crippen molar-refractivity contribution in [1.82, 2.24) is 14.7 Å². The number of carbonyl (C=O) groups excluding carboxylic acids is 1. The third-order valence-corrected chi connectivity index (χ3v) is 4.83. The first-order chi connectivity index (χ1) is 11.6. The molecule has 0 aliphatic carbocycles. The van der Waals surface area contributed by atoms with E-state index in [9.17, 15) is 9.59 Å². The number of fused-ring (bicyclic) bond motifs is 3. The number of nitrogens with zero attached hydrogens (tertiary/aromatic N) is 3. The number of hydrogen-bond donors (Lipinski definition) is 0. The molecule has 1 fully saturated rings. The van der Waals surface area contributed by atoms with Gasteiger partial charge in [0.05, 0.1) is 11.7 Å². The second kappa shape index (κ2) is 5.78. The number of hydrogen-bond acceptors (Lipinski definition) is 4. The van der Waals surface area contributed by atoms with Crippen LogP contribution in [0.1, 0.15) is 19.8 Å². The lowest BCUT2D eigenvalue weighted by Gasteiger charge is -2.30. The highest BCUT2D eigenvalue weighted by molar-refractivity contribution is 6.02. The average Bonchev–Trinajstić information content (AvgIpc) is 3.00. The Kier molecular flexibility index (Phi) is 3.59. The van der Waals surface area contributed by atoms with E-state index in [1.54, 1.807) is 10.7 Å². The first kappa shape index (κ1) is 14.9. The highest BCUT2D eigenvalue weighted by atomic mass is 16.4. The van der Waals surface area contributed by atoms with Gasteiger partial charge in [0.25, 0.3) is 0 Å². The van der Waals surface area contributed by atoms with Gasteiger partial charge >= 0.3 is 5.63 Å². The Balaban J connectivity index is 1.72. The highest BCUT2D eigenvalue weighted by Gasteiger charge is 2.22. The second-order valence-electron chi connectivity index (χ2n) is 6.51. The summed E-state index contributed by atoms with van der Waals surface area (Å²) < 4.78 is 6.94. The molecule has 1 aliphatic rings. The molecule has 0 spiro atoms. The Bertz CT molecular complexity index is 964. The first-order valence-corrected chi connectivity index (χ1v) is 8.28. The standard InChI is InChI=1S/C18H19N3O3/c1-12-6-8-20(9-7-12)16(22)11-21-17-13-4-2-3-5-15(13)24-18(23)14(17)10-19-21/h2-5,10,12H,6-9,11H2,1H3. The van der Waals surface area contributed by atoms with Crippen molar-refractivity contribution in [1.29, 1.82) is 0 Å². The van der Waals surface area contributed by atoms with E-state index in [4.69, 9.17) is 4.42 Å². The van der Waals surface area contributed by atoms with Gasteiger partial charge in [-0.25, -0.2) is 4.79 Å². The van der Waals surface area contributed by atoms with Crippen LogP contribution in [-0.4, -0.2) is 33.7 Å². The topological polar surface area (TPSA) is 68.3 Å². The van der Waals surface area contributed by atoms with Crippen molar-refractivity contribution in [3.8, 4) is 0 Å². The number of amides is 1. The van der Waals surface area contributed by atoms with E-state index >= 15 is 0 Å². The monoisotopic (exact) mass is 325 g/mol. The van der Waals surface area contributed by atoms with Crippen molar-refractivity contribution in [3.05, 3.63) is 40.9 Å². The van der Waals surface area contributed by atoms with Crippen LogP contribution < -0.4 is 5.63 Å². The van der Waals surface area contributed by atoms with E-state index in [1.807, 2.05) is 23.1 Å². The Morgan fingerprint density at radius 2 is 2.00 bits per heavy atom. The van der Waals surface area contributed by atoms with Crippen LogP contribution in [0.5, 0.6) is 0 Å². The van der Waals surface area contributed by atoms with Crippen molar-refractivity contribution in [3.63, 3.8) is 0 Å².